The fraction of sp³-hybridized carbons (Fsp3) is 0.370. The molecule has 0 spiro atoms. The lowest BCUT2D eigenvalue weighted by Crippen LogP contribution is -2.49. The molecule has 2 aromatic carbocycles. The summed E-state index contributed by atoms with van der Waals surface area (Å²) in [5.41, 5.74) is -0.304. The van der Waals surface area contributed by atoms with Gasteiger partial charge in [0, 0.05) is 57.6 Å². The van der Waals surface area contributed by atoms with Crippen LogP contribution in [0, 0.1) is 0 Å². The summed E-state index contributed by atoms with van der Waals surface area (Å²) in [5.74, 6) is -0.824. The molecule has 1 aromatic heterocycles. The van der Waals surface area contributed by atoms with Gasteiger partial charge in [0.15, 0.2) is 11.9 Å². The van der Waals surface area contributed by atoms with Gasteiger partial charge >= 0.3 is 0 Å². The molecular formula is C27H29Cl2N5O6. The summed E-state index contributed by atoms with van der Waals surface area (Å²) in [7, 11) is 0. The largest absolute Gasteiger partial charge is 0.502 e. The van der Waals surface area contributed by atoms with Crippen LogP contribution >= 0.6 is 23.2 Å². The van der Waals surface area contributed by atoms with E-state index in [0.29, 0.717) is 56.3 Å². The fourth-order valence-corrected chi connectivity index (χ4v) is 4.73. The molecule has 212 valence electrons. The van der Waals surface area contributed by atoms with Gasteiger partial charge < -0.3 is 25.4 Å². The predicted molar refractivity (Wildman–Crippen MR) is 151 cm³/mol. The van der Waals surface area contributed by atoms with Crippen molar-refractivity contribution in [3.63, 3.8) is 0 Å². The summed E-state index contributed by atoms with van der Waals surface area (Å²) in [6.45, 7) is 5.36. The minimum atomic E-state index is -0.864. The van der Waals surface area contributed by atoms with Crippen LogP contribution in [0.2, 0.25) is 10.0 Å². The van der Waals surface area contributed by atoms with Crippen LogP contribution in [0.4, 0.5) is 5.69 Å². The van der Waals surface area contributed by atoms with Gasteiger partial charge in [-0.3, -0.25) is 24.1 Å². The third-order valence-corrected chi connectivity index (χ3v) is 7.08. The van der Waals surface area contributed by atoms with Gasteiger partial charge in [-0.15, -0.1) is 0 Å². The fourth-order valence-electron chi connectivity index (χ4n) is 4.30. The van der Waals surface area contributed by atoms with Gasteiger partial charge in [-0.1, -0.05) is 42.3 Å². The van der Waals surface area contributed by atoms with Crippen LogP contribution in [-0.4, -0.2) is 77.1 Å². The molecule has 3 aromatic rings. The number of amides is 2. The second kappa shape index (κ2) is 13.1. The highest BCUT2D eigenvalue weighted by Gasteiger charge is 2.24. The minimum Gasteiger partial charge on any atom is -0.502 e. The lowest BCUT2D eigenvalue weighted by Gasteiger charge is -2.35. The summed E-state index contributed by atoms with van der Waals surface area (Å²) in [4.78, 5) is 56.3. The topological polar surface area (TPSA) is 141 Å². The summed E-state index contributed by atoms with van der Waals surface area (Å²) in [6, 6.07) is 8.60. The summed E-state index contributed by atoms with van der Waals surface area (Å²) < 4.78 is 5.68. The maximum absolute atomic E-state index is 13.1. The molecule has 0 unspecified atom stereocenters. The first kappa shape index (κ1) is 29.3. The number of ether oxygens (including phenoxy) is 1. The molecule has 1 atom stereocenters. The van der Waals surface area contributed by atoms with E-state index in [9.17, 15) is 24.3 Å². The zero-order valence-corrected chi connectivity index (χ0v) is 23.3. The normalized spacial score (nSPS) is 14.6. The molecule has 11 nitrogen and oxygen atoms in total. The molecule has 0 radical (unpaired) electrons. The second-order valence-electron chi connectivity index (χ2n) is 9.32. The van der Waals surface area contributed by atoms with Crippen LogP contribution in [0.3, 0.4) is 0 Å². The van der Waals surface area contributed by atoms with E-state index in [2.05, 4.69) is 20.5 Å². The Balaban J connectivity index is 1.24. The molecule has 40 heavy (non-hydrogen) atoms. The van der Waals surface area contributed by atoms with Crippen molar-refractivity contribution in [1.29, 1.82) is 0 Å². The average Bonchev–Trinajstić information content (AvgIpc) is 2.97. The zero-order chi connectivity index (χ0) is 28.8. The standard InChI is InChI=1S/C27H29Cl2N5O6/c1-2-20(40-26-19(29)13-18(28)15-32-26)25(38)31-14-16-4-3-5-17(12-16)27(39)34-10-8-33(9-11-34)7-6-30-21-22(35)24(37)23(21)36/h3-5,12-13,15,20,30,35H,2,6-11,14H2,1H3,(H,31,38)/t20-/m1/s1. The number of pyridine rings is 1. The number of piperazine rings is 1. The van der Waals surface area contributed by atoms with E-state index in [1.165, 1.54) is 12.3 Å². The number of benzene rings is 1. The summed E-state index contributed by atoms with van der Waals surface area (Å²) >= 11 is 12.0. The highest BCUT2D eigenvalue weighted by Crippen LogP contribution is 2.26. The van der Waals surface area contributed by atoms with Crippen molar-refractivity contribution in [2.45, 2.75) is 26.0 Å². The molecule has 13 heteroatoms. The Morgan fingerprint density at radius 2 is 1.88 bits per heavy atom. The average molecular weight is 590 g/mol. The zero-order valence-electron chi connectivity index (χ0n) is 21.8. The molecule has 3 N–H and O–H groups in total. The van der Waals surface area contributed by atoms with Crippen molar-refractivity contribution in [3.8, 4) is 11.6 Å². The Hall–Kier alpha value is -3.67. The maximum Gasteiger partial charge on any atom is 0.271 e. The van der Waals surface area contributed by atoms with E-state index in [-0.39, 0.29) is 34.9 Å². The Morgan fingerprint density at radius 1 is 1.12 bits per heavy atom. The van der Waals surface area contributed by atoms with E-state index < -0.39 is 22.7 Å². The lowest BCUT2D eigenvalue weighted by atomic mass is 10.1. The minimum absolute atomic E-state index is 0.0319. The molecule has 1 fully saturated rings. The number of aromatic nitrogens is 1. The van der Waals surface area contributed by atoms with Crippen molar-refractivity contribution in [3.05, 3.63) is 78.1 Å². The number of carbonyl (C=O) groups excluding carboxylic acids is 2. The van der Waals surface area contributed by atoms with Crippen molar-refractivity contribution in [2.75, 3.05) is 44.6 Å². The number of anilines is 1. The third kappa shape index (κ3) is 6.90. The van der Waals surface area contributed by atoms with Gasteiger partial charge in [-0.2, -0.15) is 0 Å². The summed E-state index contributed by atoms with van der Waals surface area (Å²) in [5, 5.41) is 15.6. The number of carbonyl (C=O) groups is 2. The highest BCUT2D eigenvalue weighted by atomic mass is 35.5. The van der Waals surface area contributed by atoms with E-state index in [4.69, 9.17) is 27.9 Å². The van der Waals surface area contributed by atoms with E-state index in [1.807, 2.05) is 13.0 Å². The molecule has 2 heterocycles. The van der Waals surface area contributed by atoms with Gasteiger partial charge in [0.05, 0.1) is 5.02 Å². The molecule has 0 bridgehead atoms. The van der Waals surface area contributed by atoms with Crippen molar-refractivity contribution in [1.82, 2.24) is 20.1 Å². The molecule has 2 amide bonds. The molecule has 4 rings (SSSR count). The van der Waals surface area contributed by atoms with Gasteiger partial charge in [-0.25, -0.2) is 4.98 Å². The number of aromatic hydroxyl groups is 1. The summed E-state index contributed by atoms with van der Waals surface area (Å²) in [6.07, 6.45) is 0.980. The van der Waals surface area contributed by atoms with Gasteiger partial charge in [-0.05, 0) is 30.2 Å². The number of rotatable bonds is 11. The third-order valence-electron chi connectivity index (χ3n) is 6.61. The van der Waals surface area contributed by atoms with Crippen LogP contribution in [0.5, 0.6) is 11.6 Å². The molecule has 0 aliphatic carbocycles. The van der Waals surface area contributed by atoms with Crippen LogP contribution in [-0.2, 0) is 11.3 Å². The maximum atomic E-state index is 13.1. The number of nitrogens with one attached hydrogen (secondary N) is 2. The Bertz CT molecular complexity index is 1450. The van der Waals surface area contributed by atoms with E-state index >= 15 is 0 Å². The van der Waals surface area contributed by atoms with Crippen LogP contribution in [0.1, 0.15) is 29.3 Å². The van der Waals surface area contributed by atoms with Crippen molar-refractivity contribution < 1.29 is 19.4 Å². The van der Waals surface area contributed by atoms with Crippen LogP contribution in [0.25, 0.3) is 0 Å². The Morgan fingerprint density at radius 3 is 2.55 bits per heavy atom. The first-order valence-corrected chi connectivity index (χ1v) is 13.6. The number of hydrogen-bond acceptors (Lipinski definition) is 9. The van der Waals surface area contributed by atoms with E-state index in [1.54, 1.807) is 23.1 Å². The smallest absolute Gasteiger partial charge is 0.271 e. The second-order valence-corrected chi connectivity index (χ2v) is 10.2. The Kier molecular flexibility index (Phi) is 9.62. The lowest BCUT2D eigenvalue weighted by molar-refractivity contribution is -0.128. The first-order valence-electron chi connectivity index (χ1n) is 12.8. The molecule has 0 saturated carbocycles. The molecular weight excluding hydrogens is 561 g/mol. The van der Waals surface area contributed by atoms with Crippen LogP contribution < -0.4 is 26.2 Å². The van der Waals surface area contributed by atoms with Crippen molar-refractivity contribution >= 4 is 40.7 Å². The first-order chi connectivity index (χ1) is 19.2. The molecule has 1 aliphatic heterocycles. The van der Waals surface area contributed by atoms with E-state index in [0.717, 1.165) is 5.56 Å². The molecule has 1 aliphatic rings. The highest BCUT2D eigenvalue weighted by molar-refractivity contribution is 6.35. The van der Waals surface area contributed by atoms with Gasteiger partial charge in [0.2, 0.25) is 5.88 Å². The number of hydrogen-bond donors (Lipinski definition) is 3. The van der Waals surface area contributed by atoms with Crippen molar-refractivity contribution in [2.24, 2.45) is 0 Å². The predicted octanol–water partition coefficient (Wildman–Crippen LogP) is 2.03. The number of nitrogens with zero attached hydrogens (tertiary/aromatic N) is 3. The SMILES string of the molecule is CC[C@@H](Oc1ncc(Cl)cc1Cl)C(=O)NCc1cccc(C(=O)N2CCN(CCNc3c(O)c(=O)c3=O)CC2)c1. The monoisotopic (exact) mass is 589 g/mol. The Labute approximate surface area is 240 Å². The van der Waals surface area contributed by atoms with Crippen LogP contribution in [0.15, 0.2) is 46.1 Å². The quantitative estimate of drug-likeness (QED) is 0.286. The van der Waals surface area contributed by atoms with Gasteiger partial charge in [0.25, 0.3) is 22.7 Å². The van der Waals surface area contributed by atoms with Gasteiger partial charge in [0.1, 0.15) is 10.7 Å². The molecule has 1 saturated heterocycles. The number of halogens is 2.